The minimum absolute atomic E-state index is 0.0958. The predicted octanol–water partition coefficient (Wildman–Crippen LogP) is 5.45. The Hall–Kier alpha value is -2.95. The summed E-state index contributed by atoms with van der Waals surface area (Å²) >= 11 is 0. The zero-order chi connectivity index (χ0) is 22.1. The first-order chi connectivity index (χ1) is 14.4. The van der Waals surface area contributed by atoms with E-state index in [1.54, 1.807) is 36.4 Å². The molecule has 30 heavy (non-hydrogen) atoms. The summed E-state index contributed by atoms with van der Waals surface area (Å²) in [6.07, 6.45) is 3.43. The Morgan fingerprint density at radius 2 is 1.07 bits per heavy atom. The van der Waals surface area contributed by atoms with E-state index < -0.39 is 0 Å². The fourth-order valence-electron chi connectivity index (χ4n) is 3.21. The average Bonchev–Trinajstić information content (AvgIpc) is 2.73. The van der Waals surface area contributed by atoms with Crippen molar-refractivity contribution >= 4 is 17.7 Å². The van der Waals surface area contributed by atoms with E-state index in [0.29, 0.717) is 48.3 Å². The Morgan fingerprint density at radius 1 is 0.667 bits per heavy atom. The molecule has 5 heteroatoms. The number of aryl methyl sites for hydroxylation is 2. The van der Waals surface area contributed by atoms with Crippen LogP contribution < -0.4 is 9.47 Å². The van der Waals surface area contributed by atoms with Gasteiger partial charge in [-0.25, -0.2) is 0 Å². The largest absolute Gasteiger partial charge is 0.427 e. The van der Waals surface area contributed by atoms with Gasteiger partial charge < -0.3 is 9.47 Å². The maximum atomic E-state index is 13.3. The standard InChI is InChI=1S/C25H30O5/c1-5-9-23(26)29-19-11-13-21(17(7-3)15-19)25(28)22-14-12-20(16-18(22)8-4)30-24(27)10-6-2/h11-16H,5-10H2,1-4H3. The van der Waals surface area contributed by atoms with E-state index in [-0.39, 0.29) is 17.7 Å². The van der Waals surface area contributed by atoms with Crippen LogP contribution in [0.1, 0.15) is 80.4 Å². The molecule has 0 fully saturated rings. The second-order valence-corrected chi connectivity index (χ2v) is 7.12. The molecule has 0 saturated heterocycles. The first kappa shape index (κ1) is 23.3. The van der Waals surface area contributed by atoms with E-state index in [9.17, 15) is 14.4 Å². The van der Waals surface area contributed by atoms with Crippen LogP contribution in [0, 0.1) is 0 Å². The minimum atomic E-state index is -0.278. The highest BCUT2D eigenvalue weighted by Gasteiger charge is 2.18. The lowest BCUT2D eigenvalue weighted by molar-refractivity contribution is -0.135. The van der Waals surface area contributed by atoms with Crippen LogP contribution in [-0.4, -0.2) is 17.7 Å². The molecule has 2 aromatic carbocycles. The molecule has 0 spiro atoms. The first-order valence-corrected chi connectivity index (χ1v) is 10.6. The minimum Gasteiger partial charge on any atom is -0.427 e. The number of rotatable bonds is 10. The summed E-state index contributed by atoms with van der Waals surface area (Å²) in [6.45, 7) is 7.76. The monoisotopic (exact) mass is 410 g/mol. The molecule has 2 rings (SSSR count). The van der Waals surface area contributed by atoms with Crippen molar-refractivity contribution in [3.8, 4) is 11.5 Å². The van der Waals surface area contributed by atoms with E-state index in [0.717, 1.165) is 24.0 Å². The molecule has 0 aliphatic carbocycles. The summed E-state index contributed by atoms with van der Waals surface area (Å²) < 4.78 is 10.7. The van der Waals surface area contributed by atoms with Gasteiger partial charge in [-0.1, -0.05) is 27.7 Å². The summed E-state index contributed by atoms with van der Waals surface area (Å²) in [7, 11) is 0. The van der Waals surface area contributed by atoms with Crippen molar-refractivity contribution in [2.45, 2.75) is 66.2 Å². The van der Waals surface area contributed by atoms with Crippen LogP contribution in [0.3, 0.4) is 0 Å². The van der Waals surface area contributed by atoms with Gasteiger partial charge >= 0.3 is 11.9 Å². The number of hydrogen-bond donors (Lipinski definition) is 0. The van der Waals surface area contributed by atoms with Crippen molar-refractivity contribution < 1.29 is 23.9 Å². The van der Waals surface area contributed by atoms with Crippen LogP contribution in [0.2, 0.25) is 0 Å². The normalized spacial score (nSPS) is 10.5. The summed E-state index contributed by atoms with van der Waals surface area (Å²) in [6, 6.07) is 10.3. The Bertz CT molecular complexity index is 840. The third-order valence-electron chi connectivity index (χ3n) is 4.78. The van der Waals surface area contributed by atoms with Gasteiger partial charge in [0.1, 0.15) is 11.5 Å². The fraction of sp³-hybridized carbons (Fsp3) is 0.400. The van der Waals surface area contributed by atoms with Gasteiger partial charge in [0, 0.05) is 24.0 Å². The highest BCUT2D eigenvalue weighted by Crippen LogP contribution is 2.26. The van der Waals surface area contributed by atoms with Gasteiger partial charge in [0.25, 0.3) is 0 Å². The van der Waals surface area contributed by atoms with E-state index in [4.69, 9.17) is 9.47 Å². The van der Waals surface area contributed by atoms with Gasteiger partial charge in [0.15, 0.2) is 5.78 Å². The average molecular weight is 411 g/mol. The quantitative estimate of drug-likeness (QED) is 0.296. The highest BCUT2D eigenvalue weighted by molar-refractivity contribution is 6.11. The van der Waals surface area contributed by atoms with Crippen LogP contribution in [0.4, 0.5) is 0 Å². The molecule has 0 heterocycles. The molecular weight excluding hydrogens is 380 g/mol. The van der Waals surface area contributed by atoms with Gasteiger partial charge in [-0.05, 0) is 73.2 Å². The summed E-state index contributed by atoms with van der Waals surface area (Å²) in [4.78, 5) is 36.8. The molecule has 160 valence electrons. The van der Waals surface area contributed by atoms with Crippen LogP contribution >= 0.6 is 0 Å². The van der Waals surface area contributed by atoms with Crippen molar-refractivity contribution in [2.24, 2.45) is 0 Å². The number of ether oxygens (including phenoxy) is 2. The topological polar surface area (TPSA) is 69.7 Å². The van der Waals surface area contributed by atoms with E-state index in [1.807, 2.05) is 27.7 Å². The van der Waals surface area contributed by atoms with Crippen molar-refractivity contribution in [1.29, 1.82) is 0 Å². The second-order valence-electron chi connectivity index (χ2n) is 7.12. The van der Waals surface area contributed by atoms with E-state index in [2.05, 4.69) is 0 Å². The van der Waals surface area contributed by atoms with Crippen molar-refractivity contribution in [3.63, 3.8) is 0 Å². The Labute approximate surface area is 178 Å². The molecule has 0 aliphatic heterocycles. The van der Waals surface area contributed by atoms with Gasteiger partial charge in [-0.15, -0.1) is 0 Å². The third-order valence-corrected chi connectivity index (χ3v) is 4.78. The molecule has 0 aromatic heterocycles. The Morgan fingerprint density at radius 3 is 1.40 bits per heavy atom. The SMILES string of the molecule is CCCC(=O)Oc1ccc(C(=O)c2ccc(OC(=O)CCC)cc2CC)c(CC)c1. The molecule has 2 aromatic rings. The molecule has 0 aliphatic rings. The smallest absolute Gasteiger partial charge is 0.311 e. The summed E-state index contributed by atoms with van der Waals surface area (Å²) in [5, 5.41) is 0. The molecule has 0 amide bonds. The number of carbonyl (C=O) groups excluding carboxylic acids is 3. The number of ketones is 1. The zero-order valence-electron chi connectivity index (χ0n) is 18.2. The Kier molecular flexibility index (Phi) is 8.78. The maximum Gasteiger partial charge on any atom is 0.311 e. The molecule has 0 N–H and O–H groups in total. The van der Waals surface area contributed by atoms with Crippen molar-refractivity contribution in [1.82, 2.24) is 0 Å². The second kappa shape index (κ2) is 11.3. The van der Waals surface area contributed by atoms with Gasteiger partial charge in [0.2, 0.25) is 0 Å². The number of esters is 2. The highest BCUT2D eigenvalue weighted by atomic mass is 16.5. The van der Waals surface area contributed by atoms with Crippen molar-refractivity contribution in [2.75, 3.05) is 0 Å². The lowest BCUT2D eigenvalue weighted by Gasteiger charge is -2.13. The lowest BCUT2D eigenvalue weighted by Crippen LogP contribution is -2.11. The molecule has 0 saturated carbocycles. The number of benzene rings is 2. The van der Waals surface area contributed by atoms with Gasteiger partial charge in [-0.2, -0.15) is 0 Å². The van der Waals surface area contributed by atoms with E-state index in [1.165, 1.54) is 0 Å². The van der Waals surface area contributed by atoms with Crippen LogP contribution in [0.15, 0.2) is 36.4 Å². The molecule has 0 atom stereocenters. The Balaban J connectivity index is 2.30. The maximum absolute atomic E-state index is 13.3. The molecule has 0 bridgehead atoms. The number of hydrogen-bond acceptors (Lipinski definition) is 5. The lowest BCUT2D eigenvalue weighted by atomic mass is 9.93. The third kappa shape index (κ3) is 6.02. The molecule has 5 nitrogen and oxygen atoms in total. The molecule has 0 radical (unpaired) electrons. The van der Waals surface area contributed by atoms with E-state index >= 15 is 0 Å². The summed E-state index contributed by atoms with van der Waals surface area (Å²) in [5.74, 6) is 0.258. The van der Waals surface area contributed by atoms with Gasteiger partial charge in [0.05, 0.1) is 0 Å². The summed E-state index contributed by atoms with van der Waals surface area (Å²) in [5.41, 5.74) is 2.81. The number of carbonyl (C=O) groups is 3. The zero-order valence-corrected chi connectivity index (χ0v) is 18.2. The first-order valence-electron chi connectivity index (χ1n) is 10.6. The predicted molar refractivity (Wildman–Crippen MR) is 116 cm³/mol. The molecule has 0 unspecified atom stereocenters. The van der Waals surface area contributed by atoms with Gasteiger partial charge in [-0.3, -0.25) is 14.4 Å². The fourth-order valence-corrected chi connectivity index (χ4v) is 3.21. The van der Waals surface area contributed by atoms with Crippen LogP contribution in [-0.2, 0) is 22.4 Å². The molecular formula is C25H30O5. The van der Waals surface area contributed by atoms with Crippen LogP contribution in [0.5, 0.6) is 11.5 Å². The van der Waals surface area contributed by atoms with Crippen molar-refractivity contribution in [3.05, 3.63) is 58.7 Å². The van der Waals surface area contributed by atoms with Crippen LogP contribution in [0.25, 0.3) is 0 Å².